The molecule has 0 unspecified atom stereocenters. The fourth-order valence-electron chi connectivity index (χ4n) is 1.58. The maximum absolute atomic E-state index is 11.1. The molecule has 2 rings (SSSR count). The smallest absolute Gasteiger partial charge is 0.335 e. The van der Waals surface area contributed by atoms with E-state index in [2.05, 4.69) is 5.32 Å². The molecule has 0 spiro atoms. The van der Waals surface area contributed by atoms with Crippen LogP contribution in [-0.2, 0) is 14.3 Å². The largest absolute Gasteiger partial charge is 0.478 e. The van der Waals surface area contributed by atoms with E-state index < -0.39 is 12.3 Å². The van der Waals surface area contributed by atoms with Crippen LogP contribution in [0, 0.1) is 0 Å². The molecule has 94 valence electrons. The number of hydrogen-bond acceptors (Lipinski definition) is 4. The zero-order valence-corrected chi connectivity index (χ0v) is 9.54. The van der Waals surface area contributed by atoms with E-state index in [1.54, 1.807) is 0 Å². The first kappa shape index (κ1) is 12.0. The van der Waals surface area contributed by atoms with E-state index in [1.165, 1.54) is 37.6 Å². The zero-order chi connectivity index (χ0) is 13.1. The molecule has 0 radical (unpaired) electrons. The summed E-state index contributed by atoms with van der Waals surface area (Å²) in [4.78, 5) is 22.0. The summed E-state index contributed by atoms with van der Waals surface area (Å²) in [5.41, 5.74) is 1.01. The van der Waals surface area contributed by atoms with Gasteiger partial charge in [-0.25, -0.2) is 4.79 Å². The first-order valence-corrected chi connectivity index (χ1v) is 5.18. The molecule has 0 saturated heterocycles. The standard InChI is InChI=1S/C12H11NO5/c1-7(14)13-10-3-2-8(11(15)16)6-9(10)12-17-4-5-18-12/h2-6,12H,1H3,(H,13,14)(H,15,16). The number of carboxylic acid groups (broad SMARTS) is 1. The van der Waals surface area contributed by atoms with Crippen LogP contribution in [0.5, 0.6) is 0 Å². The Kier molecular flexibility index (Phi) is 3.18. The molecule has 18 heavy (non-hydrogen) atoms. The summed E-state index contributed by atoms with van der Waals surface area (Å²) in [6.45, 7) is 1.36. The van der Waals surface area contributed by atoms with Crippen molar-refractivity contribution in [1.82, 2.24) is 0 Å². The summed E-state index contributed by atoms with van der Waals surface area (Å²) in [5, 5.41) is 11.5. The number of carbonyl (C=O) groups excluding carboxylic acids is 1. The Hall–Kier alpha value is -2.50. The van der Waals surface area contributed by atoms with E-state index in [-0.39, 0.29) is 11.5 Å². The van der Waals surface area contributed by atoms with Crippen molar-refractivity contribution in [2.24, 2.45) is 0 Å². The third kappa shape index (κ3) is 2.42. The SMILES string of the molecule is CC(=O)Nc1ccc(C(=O)O)cc1C1OC=CO1. The highest BCUT2D eigenvalue weighted by molar-refractivity contribution is 5.92. The fraction of sp³-hybridized carbons (Fsp3) is 0.167. The van der Waals surface area contributed by atoms with Gasteiger partial charge in [-0.3, -0.25) is 4.79 Å². The van der Waals surface area contributed by atoms with Gasteiger partial charge in [0.1, 0.15) is 12.5 Å². The molecule has 2 N–H and O–H groups in total. The molecule has 6 heteroatoms. The maximum atomic E-state index is 11.1. The minimum atomic E-state index is -1.06. The highest BCUT2D eigenvalue weighted by Gasteiger charge is 2.21. The molecule has 0 fully saturated rings. The predicted octanol–water partition coefficient (Wildman–Crippen LogP) is 1.86. The summed E-state index contributed by atoms with van der Waals surface area (Å²) in [6, 6.07) is 4.32. The van der Waals surface area contributed by atoms with Gasteiger partial charge in [0.05, 0.1) is 16.8 Å². The van der Waals surface area contributed by atoms with Crippen molar-refractivity contribution in [1.29, 1.82) is 0 Å². The molecule has 1 aromatic carbocycles. The summed E-state index contributed by atoms with van der Waals surface area (Å²) < 4.78 is 10.3. The van der Waals surface area contributed by atoms with E-state index >= 15 is 0 Å². The van der Waals surface area contributed by atoms with Gasteiger partial charge in [-0.15, -0.1) is 0 Å². The number of amides is 1. The van der Waals surface area contributed by atoms with Crippen molar-refractivity contribution in [3.05, 3.63) is 41.9 Å². The Morgan fingerprint density at radius 2 is 1.94 bits per heavy atom. The lowest BCUT2D eigenvalue weighted by molar-refractivity contribution is -0.114. The van der Waals surface area contributed by atoms with Crippen LogP contribution in [-0.4, -0.2) is 17.0 Å². The normalized spacial score (nSPS) is 13.8. The van der Waals surface area contributed by atoms with Crippen LogP contribution in [0.2, 0.25) is 0 Å². The highest BCUT2D eigenvalue weighted by atomic mass is 16.7. The van der Waals surface area contributed by atoms with Crippen molar-refractivity contribution in [3.63, 3.8) is 0 Å². The molecule has 1 aliphatic rings. The Labute approximate surface area is 103 Å². The lowest BCUT2D eigenvalue weighted by Gasteiger charge is -2.15. The Balaban J connectivity index is 2.39. The van der Waals surface area contributed by atoms with E-state index in [9.17, 15) is 9.59 Å². The molecular weight excluding hydrogens is 238 g/mol. The van der Waals surface area contributed by atoms with Gasteiger partial charge in [0, 0.05) is 6.92 Å². The summed E-state index contributed by atoms with van der Waals surface area (Å²) in [6.07, 6.45) is 1.97. The number of hydrogen-bond donors (Lipinski definition) is 2. The molecule has 6 nitrogen and oxygen atoms in total. The van der Waals surface area contributed by atoms with E-state index in [4.69, 9.17) is 14.6 Å². The second-order valence-electron chi connectivity index (χ2n) is 3.66. The lowest BCUT2D eigenvalue weighted by Crippen LogP contribution is -2.12. The van der Waals surface area contributed by atoms with Crippen LogP contribution in [0.25, 0.3) is 0 Å². The number of aromatic carboxylic acids is 1. The van der Waals surface area contributed by atoms with Gasteiger partial charge < -0.3 is 19.9 Å². The second-order valence-corrected chi connectivity index (χ2v) is 3.66. The number of anilines is 1. The first-order valence-electron chi connectivity index (χ1n) is 5.18. The number of rotatable bonds is 3. The van der Waals surface area contributed by atoms with Gasteiger partial charge in [0.2, 0.25) is 5.91 Å². The van der Waals surface area contributed by atoms with Crippen molar-refractivity contribution in [2.75, 3.05) is 5.32 Å². The predicted molar refractivity (Wildman–Crippen MR) is 61.8 cm³/mol. The van der Waals surface area contributed by atoms with E-state index in [0.29, 0.717) is 11.3 Å². The maximum Gasteiger partial charge on any atom is 0.335 e. The molecule has 1 aliphatic heterocycles. The molecule has 1 heterocycles. The fourth-order valence-corrected chi connectivity index (χ4v) is 1.58. The van der Waals surface area contributed by atoms with Crippen LogP contribution in [0.15, 0.2) is 30.7 Å². The van der Waals surface area contributed by atoms with Crippen molar-refractivity contribution >= 4 is 17.6 Å². The third-order valence-electron chi connectivity index (χ3n) is 2.32. The van der Waals surface area contributed by atoms with Crippen LogP contribution in [0.4, 0.5) is 5.69 Å². The van der Waals surface area contributed by atoms with E-state index in [1.807, 2.05) is 0 Å². The Morgan fingerprint density at radius 3 is 2.50 bits per heavy atom. The number of ether oxygens (including phenoxy) is 2. The van der Waals surface area contributed by atoms with Crippen molar-refractivity contribution < 1.29 is 24.2 Å². The quantitative estimate of drug-likeness (QED) is 0.854. The third-order valence-corrected chi connectivity index (χ3v) is 2.32. The van der Waals surface area contributed by atoms with Gasteiger partial charge >= 0.3 is 5.97 Å². The molecule has 0 bridgehead atoms. The van der Waals surface area contributed by atoms with Gasteiger partial charge in [-0.1, -0.05) is 0 Å². The topological polar surface area (TPSA) is 84.9 Å². The molecule has 1 amide bonds. The Morgan fingerprint density at radius 1 is 1.28 bits per heavy atom. The lowest BCUT2D eigenvalue weighted by atomic mass is 10.1. The van der Waals surface area contributed by atoms with Crippen LogP contribution in [0.3, 0.4) is 0 Å². The van der Waals surface area contributed by atoms with E-state index in [0.717, 1.165) is 0 Å². The Bertz CT molecular complexity index is 515. The average Bonchev–Trinajstić information content (AvgIpc) is 2.81. The van der Waals surface area contributed by atoms with Gasteiger partial charge in [0.15, 0.2) is 0 Å². The van der Waals surface area contributed by atoms with Gasteiger partial charge in [0.25, 0.3) is 6.29 Å². The van der Waals surface area contributed by atoms with Crippen LogP contribution < -0.4 is 5.32 Å². The van der Waals surface area contributed by atoms with Crippen molar-refractivity contribution in [3.8, 4) is 0 Å². The van der Waals surface area contributed by atoms with Gasteiger partial charge in [-0.05, 0) is 18.2 Å². The summed E-state index contributed by atoms with van der Waals surface area (Å²) in [5.74, 6) is -1.32. The molecule has 0 aliphatic carbocycles. The van der Waals surface area contributed by atoms with Crippen molar-refractivity contribution in [2.45, 2.75) is 13.2 Å². The zero-order valence-electron chi connectivity index (χ0n) is 9.54. The van der Waals surface area contributed by atoms with Crippen LogP contribution in [0.1, 0.15) is 29.1 Å². The molecule has 0 saturated carbocycles. The number of carbonyl (C=O) groups is 2. The summed E-state index contributed by atoms with van der Waals surface area (Å²) in [7, 11) is 0. The van der Waals surface area contributed by atoms with Crippen LogP contribution >= 0.6 is 0 Å². The highest BCUT2D eigenvalue weighted by Crippen LogP contribution is 2.31. The number of benzene rings is 1. The number of nitrogens with one attached hydrogen (secondary N) is 1. The second kappa shape index (κ2) is 4.79. The summed E-state index contributed by atoms with van der Waals surface area (Å²) >= 11 is 0. The molecular formula is C12H11NO5. The number of carboxylic acids is 1. The minimum Gasteiger partial charge on any atom is -0.478 e. The molecule has 1 aromatic rings. The minimum absolute atomic E-state index is 0.0956. The average molecular weight is 249 g/mol. The molecule has 0 atom stereocenters. The first-order chi connectivity index (χ1) is 8.58. The monoisotopic (exact) mass is 249 g/mol. The van der Waals surface area contributed by atoms with Gasteiger partial charge in [-0.2, -0.15) is 0 Å². The molecule has 0 aromatic heterocycles.